The molecule has 1 fully saturated rings. The van der Waals surface area contributed by atoms with Crippen molar-refractivity contribution in [2.24, 2.45) is 0 Å². The molecule has 33 heavy (non-hydrogen) atoms. The molecule has 0 bridgehead atoms. The SMILES string of the molecule is O=S(=O)(c1cccc(-c2nnc(SCc3ccc(-n4cccn4)cc3)o2)c1)N1CCOCC1. The summed E-state index contributed by atoms with van der Waals surface area (Å²) in [5.74, 6) is 0.942. The summed E-state index contributed by atoms with van der Waals surface area (Å²) in [6, 6.07) is 16.5. The van der Waals surface area contributed by atoms with Crippen molar-refractivity contribution >= 4 is 21.8 Å². The average molecular weight is 484 g/mol. The first-order valence-electron chi connectivity index (χ1n) is 10.3. The van der Waals surface area contributed by atoms with Crippen LogP contribution in [0.5, 0.6) is 0 Å². The Labute approximate surface area is 195 Å². The number of thioether (sulfide) groups is 1. The number of ether oxygens (including phenoxy) is 1. The van der Waals surface area contributed by atoms with Crippen LogP contribution in [0.4, 0.5) is 0 Å². The Bertz CT molecular complexity index is 1320. The zero-order chi connectivity index (χ0) is 22.7. The van der Waals surface area contributed by atoms with Crippen molar-refractivity contribution in [2.75, 3.05) is 26.3 Å². The van der Waals surface area contributed by atoms with Gasteiger partial charge in [0.05, 0.1) is 23.8 Å². The van der Waals surface area contributed by atoms with Gasteiger partial charge in [-0.25, -0.2) is 13.1 Å². The standard InChI is InChI=1S/C22H21N5O4S2/c28-33(29,26-11-13-30-14-12-26)20-4-1-3-18(15-20)21-24-25-22(31-21)32-16-17-5-7-19(8-6-17)27-10-2-9-23-27/h1-10,15H,11-14,16H2. The second-order valence-electron chi connectivity index (χ2n) is 7.32. The molecule has 11 heteroatoms. The van der Waals surface area contributed by atoms with E-state index in [-0.39, 0.29) is 10.8 Å². The van der Waals surface area contributed by atoms with Crippen LogP contribution in [0.2, 0.25) is 0 Å². The molecule has 0 aliphatic carbocycles. The molecular weight excluding hydrogens is 462 g/mol. The van der Waals surface area contributed by atoms with E-state index in [1.807, 2.05) is 36.5 Å². The van der Waals surface area contributed by atoms with E-state index in [0.29, 0.717) is 42.8 Å². The summed E-state index contributed by atoms with van der Waals surface area (Å²) in [7, 11) is -3.60. The third-order valence-electron chi connectivity index (χ3n) is 5.16. The summed E-state index contributed by atoms with van der Waals surface area (Å²) < 4.78 is 40.1. The van der Waals surface area contributed by atoms with Crippen LogP contribution >= 0.6 is 11.8 Å². The molecular formula is C22H21N5O4S2. The second kappa shape index (κ2) is 9.48. The molecule has 2 aromatic carbocycles. The topological polar surface area (TPSA) is 103 Å². The van der Waals surface area contributed by atoms with Crippen LogP contribution in [-0.2, 0) is 20.5 Å². The van der Waals surface area contributed by atoms with E-state index in [1.165, 1.54) is 16.1 Å². The smallest absolute Gasteiger partial charge is 0.277 e. The summed E-state index contributed by atoms with van der Waals surface area (Å²) in [5, 5.41) is 12.8. The highest BCUT2D eigenvalue weighted by molar-refractivity contribution is 7.98. The molecule has 1 aliphatic rings. The van der Waals surface area contributed by atoms with Gasteiger partial charge < -0.3 is 9.15 Å². The Kier molecular flexibility index (Phi) is 6.27. The van der Waals surface area contributed by atoms with Crippen LogP contribution in [0.1, 0.15) is 5.56 Å². The molecule has 0 radical (unpaired) electrons. The number of aromatic nitrogens is 4. The molecule has 0 N–H and O–H groups in total. The van der Waals surface area contributed by atoms with Crippen molar-refractivity contribution in [1.82, 2.24) is 24.3 Å². The van der Waals surface area contributed by atoms with E-state index < -0.39 is 10.0 Å². The minimum Gasteiger partial charge on any atom is -0.411 e. The minimum atomic E-state index is -3.60. The summed E-state index contributed by atoms with van der Waals surface area (Å²) in [5.41, 5.74) is 2.65. The van der Waals surface area contributed by atoms with Gasteiger partial charge in [0.15, 0.2) is 0 Å². The first-order chi connectivity index (χ1) is 16.1. The van der Waals surface area contributed by atoms with Gasteiger partial charge in [-0.2, -0.15) is 9.40 Å². The van der Waals surface area contributed by atoms with Crippen LogP contribution < -0.4 is 0 Å². The lowest BCUT2D eigenvalue weighted by molar-refractivity contribution is 0.0730. The fraction of sp³-hybridized carbons (Fsp3) is 0.227. The van der Waals surface area contributed by atoms with Crippen molar-refractivity contribution in [1.29, 1.82) is 0 Å². The van der Waals surface area contributed by atoms with Gasteiger partial charge in [0.1, 0.15) is 0 Å². The third-order valence-corrected chi connectivity index (χ3v) is 7.95. The Morgan fingerprint density at radius 2 is 1.82 bits per heavy atom. The van der Waals surface area contributed by atoms with E-state index in [1.54, 1.807) is 35.1 Å². The van der Waals surface area contributed by atoms with Crippen LogP contribution in [-0.4, -0.2) is 59.0 Å². The van der Waals surface area contributed by atoms with E-state index in [4.69, 9.17) is 9.15 Å². The van der Waals surface area contributed by atoms with Crippen LogP contribution in [0.25, 0.3) is 17.1 Å². The number of rotatable bonds is 7. The van der Waals surface area contributed by atoms with E-state index in [9.17, 15) is 8.42 Å². The Morgan fingerprint density at radius 1 is 1.00 bits per heavy atom. The molecule has 0 spiro atoms. The Hall–Kier alpha value is -2.99. The van der Waals surface area contributed by atoms with Gasteiger partial charge in [0.2, 0.25) is 15.9 Å². The first kappa shape index (κ1) is 21.8. The molecule has 3 heterocycles. The zero-order valence-corrected chi connectivity index (χ0v) is 19.2. The van der Waals surface area contributed by atoms with Gasteiger partial charge in [-0.3, -0.25) is 0 Å². The van der Waals surface area contributed by atoms with Crippen LogP contribution in [0.15, 0.2) is 81.5 Å². The lowest BCUT2D eigenvalue weighted by Crippen LogP contribution is -2.40. The molecule has 4 aromatic rings. The lowest BCUT2D eigenvalue weighted by Gasteiger charge is -2.26. The molecule has 9 nitrogen and oxygen atoms in total. The Balaban J connectivity index is 1.26. The zero-order valence-electron chi connectivity index (χ0n) is 17.6. The summed E-state index contributed by atoms with van der Waals surface area (Å²) >= 11 is 1.42. The van der Waals surface area contributed by atoms with Gasteiger partial charge >= 0.3 is 0 Å². The molecule has 5 rings (SSSR count). The fourth-order valence-electron chi connectivity index (χ4n) is 3.42. The number of morpholine rings is 1. The molecule has 170 valence electrons. The van der Waals surface area contributed by atoms with E-state index in [2.05, 4.69) is 15.3 Å². The highest BCUT2D eigenvalue weighted by Crippen LogP contribution is 2.28. The molecule has 1 saturated heterocycles. The van der Waals surface area contributed by atoms with E-state index >= 15 is 0 Å². The number of nitrogens with zero attached hydrogens (tertiary/aromatic N) is 5. The number of sulfonamides is 1. The Morgan fingerprint density at radius 3 is 2.58 bits per heavy atom. The van der Waals surface area contributed by atoms with E-state index in [0.717, 1.165) is 11.3 Å². The lowest BCUT2D eigenvalue weighted by atomic mass is 10.2. The van der Waals surface area contributed by atoms with Gasteiger partial charge in [-0.15, -0.1) is 10.2 Å². The second-order valence-corrected chi connectivity index (χ2v) is 10.2. The molecule has 0 unspecified atom stereocenters. The number of benzene rings is 2. The normalized spacial score (nSPS) is 15.0. The van der Waals surface area contributed by atoms with Gasteiger partial charge in [0.25, 0.3) is 5.22 Å². The quantitative estimate of drug-likeness (QED) is 0.369. The number of hydrogen-bond donors (Lipinski definition) is 0. The van der Waals surface area contributed by atoms with Gasteiger partial charge in [-0.05, 0) is 42.0 Å². The van der Waals surface area contributed by atoms with Crippen molar-refractivity contribution in [3.8, 4) is 17.1 Å². The van der Waals surface area contributed by atoms with Crippen molar-refractivity contribution in [3.05, 3.63) is 72.6 Å². The monoisotopic (exact) mass is 483 g/mol. The highest BCUT2D eigenvalue weighted by atomic mass is 32.2. The average Bonchev–Trinajstić information content (AvgIpc) is 3.57. The molecule has 2 aromatic heterocycles. The highest BCUT2D eigenvalue weighted by Gasteiger charge is 2.26. The third kappa shape index (κ3) is 4.86. The molecule has 1 aliphatic heterocycles. The van der Waals surface area contributed by atoms with Crippen molar-refractivity contribution in [2.45, 2.75) is 15.9 Å². The van der Waals surface area contributed by atoms with Gasteiger partial charge in [0, 0.05) is 36.8 Å². The minimum absolute atomic E-state index is 0.201. The molecule has 0 saturated carbocycles. The van der Waals surface area contributed by atoms with Crippen molar-refractivity contribution < 1.29 is 17.6 Å². The first-order valence-corrected chi connectivity index (χ1v) is 12.8. The fourth-order valence-corrected chi connectivity index (χ4v) is 5.60. The van der Waals surface area contributed by atoms with Crippen molar-refractivity contribution in [3.63, 3.8) is 0 Å². The number of hydrogen-bond acceptors (Lipinski definition) is 8. The predicted molar refractivity (Wildman–Crippen MR) is 122 cm³/mol. The van der Waals surface area contributed by atoms with Crippen LogP contribution in [0, 0.1) is 0 Å². The maximum absolute atomic E-state index is 12.9. The largest absolute Gasteiger partial charge is 0.411 e. The predicted octanol–water partition coefficient (Wildman–Crippen LogP) is 3.24. The summed E-state index contributed by atoms with van der Waals surface area (Å²) in [6.45, 7) is 1.48. The molecule has 0 amide bonds. The summed E-state index contributed by atoms with van der Waals surface area (Å²) in [4.78, 5) is 0.201. The van der Waals surface area contributed by atoms with Crippen LogP contribution in [0.3, 0.4) is 0 Å². The molecule has 0 atom stereocenters. The maximum atomic E-state index is 12.9. The summed E-state index contributed by atoms with van der Waals surface area (Å²) in [6.07, 6.45) is 3.63. The maximum Gasteiger partial charge on any atom is 0.277 e. The van der Waals surface area contributed by atoms with Gasteiger partial charge in [-0.1, -0.05) is 30.0 Å².